The molecule has 0 aliphatic rings. The molecule has 0 spiro atoms. The first-order valence-corrected chi connectivity index (χ1v) is 9.30. The number of H-pyrrole nitrogens is 1. The van der Waals surface area contributed by atoms with Crippen LogP contribution in [0.2, 0.25) is 5.02 Å². The smallest absolute Gasteiger partial charge is 0.280 e. The topological polar surface area (TPSA) is 50.1 Å². The maximum absolute atomic E-state index is 13.1. The van der Waals surface area contributed by atoms with Crippen LogP contribution >= 0.6 is 11.6 Å². The fourth-order valence-corrected chi connectivity index (χ4v) is 3.11. The second-order valence-corrected chi connectivity index (χ2v) is 6.78. The van der Waals surface area contributed by atoms with E-state index >= 15 is 0 Å². The van der Waals surface area contributed by atoms with Gasteiger partial charge in [0.2, 0.25) is 0 Å². The van der Waals surface area contributed by atoms with Gasteiger partial charge in [-0.25, -0.2) is 4.68 Å². The summed E-state index contributed by atoms with van der Waals surface area (Å²) in [5.74, 6) is 0. The third-order valence-corrected chi connectivity index (χ3v) is 4.66. The minimum atomic E-state index is -0.134. The van der Waals surface area contributed by atoms with Crippen molar-refractivity contribution in [1.29, 1.82) is 0 Å². The molecule has 1 N–H and O–H groups in total. The summed E-state index contributed by atoms with van der Waals surface area (Å²) in [6.07, 6.45) is 1.65. The minimum absolute atomic E-state index is 0.134. The normalized spacial score (nSPS) is 11.2. The lowest BCUT2D eigenvalue weighted by molar-refractivity contribution is 0.852. The second kappa shape index (κ2) is 8.11. The van der Waals surface area contributed by atoms with Crippen LogP contribution in [0.1, 0.15) is 11.1 Å². The van der Waals surface area contributed by atoms with Crippen molar-refractivity contribution in [2.24, 2.45) is 4.99 Å². The van der Waals surface area contributed by atoms with Gasteiger partial charge in [0, 0.05) is 16.8 Å². The third-order valence-electron chi connectivity index (χ3n) is 4.41. The van der Waals surface area contributed by atoms with Crippen LogP contribution in [-0.2, 0) is 6.54 Å². The van der Waals surface area contributed by atoms with Gasteiger partial charge in [0.05, 0.1) is 23.5 Å². The first-order chi connectivity index (χ1) is 13.7. The van der Waals surface area contributed by atoms with Gasteiger partial charge in [-0.15, -0.1) is 0 Å². The van der Waals surface area contributed by atoms with E-state index in [1.54, 1.807) is 10.9 Å². The van der Waals surface area contributed by atoms with Gasteiger partial charge in [-0.05, 0) is 29.8 Å². The Balaban J connectivity index is 1.74. The molecule has 0 saturated heterocycles. The molecule has 5 heteroatoms. The molecule has 1 heterocycles. The van der Waals surface area contributed by atoms with E-state index in [0.717, 1.165) is 22.5 Å². The van der Waals surface area contributed by atoms with E-state index in [4.69, 9.17) is 11.6 Å². The van der Waals surface area contributed by atoms with Gasteiger partial charge < -0.3 is 0 Å². The van der Waals surface area contributed by atoms with Crippen molar-refractivity contribution in [2.75, 3.05) is 0 Å². The van der Waals surface area contributed by atoms with Gasteiger partial charge >= 0.3 is 0 Å². The van der Waals surface area contributed by atoms with Crippen molar-refractivity contribution in [3.8, 4) is 16.9 Å². The Morgan fingerprint density at radius 2 is 1.54 bits per heavy atom. The average molecular weight is 388 g/mol. The molecule has 0 fully saturated rings. The molecule has 0 unspecified atom stereocenters. The van der Waals surface area contributed by atoms with Crippen LogP contribution in [0.4, 0.5) is 0 Å². The zero-order valence-corrected chi connectivity index (χ0v) is 15.8. The van der Waals surface area contributed by atoms with Gasteiger partial charge in [-0.1, -0.05) is 72.3 Å². The van der Waals surface area contributed by atoms with E-state index in [9.17, 15) is 4.79 Å². The van der Waals surface area contributed by atoms with E-state index in [2.05, 4.69) is 10.1 Å². The zero-order valence-electron chi connectivity index (χ0n) is 15.0. The molecule has 0 amide bonds. The molecule has 0 saturated carbocycles. The summed E-state index contributed by atoms with van der Waals surface area (Å²) in [4.78, 5) is 17.6. The molecule has 138 valence electrons. The summed E-state index contributed by atoms with van der Waals surface area (Å²) in [5.41, 5.74) is 3.88. The predicted molar refractivity (Wildman–Crippen MR) is 115 cm³/mol. The molecular formula is C23H18ClN3O. The number of para-hydroxylation sites is 1. The highest BCUT2D eigenvalue weighted by molar-refractivity contribution is 6.30. The number of aliphatic imine (C=N–C) groups is 1. The predicted octanol–water partition coefficient (Wildman–Crippen LogP) is 5.11. The lowest BCUT2D eigenvalue weighted by Crippen LogP contribution is -2.17. The van der Waals surface area contributed by atoms with Crippen molar-refractivity contribution in [1.82, 2.24) is 9.78 Å². The summed E-state index contributed by atoms with van der Waals surface area (Å²) in [7, 11) is 0. The lowest BCUT2D eigenvalue weighted by Gasteiger charge is -2.01. The molecule has 4 rings (SSSR count). The maximum Gasteiger partial charge on any atom is 0.280 e. The monoisotopic (exact) mass is 387 g/mol. The van der Waals surface area contributed by atoms with E-state index in [-0.39, 0.29) is 5.56 Å². The van der Waals surface area contributed by atoms with Gasteiger partial charge in [-0.2, -0.15) is 0 Å². The number of halogens is 1. The number of benzene rings is 3. The van der Waals surface area contributed by atoms with Crippen LogP contribution in [0.15, 0.2) is 94.7 Å². The lowest BCUT2D eigenvalue weighted by atomic mass is 10.1. The summed E-state index contributed by atoms with van der Waals surface area (Å²) < 4.78 is 1.55. The molecule has 0 radical (unpaired) electrons. The Labute approximate surface area is 167 Å². The van der Waals surface area contributed by atoms with E-state index < -0.39 is 0 Å². The van der Waals surface area contributed by atoms with E-state index in [1.807, 2.05) is 84.9 Å². The maximum atomic E-state index is 13.1. The number of aromatic amines is 1. The Morgan fingerprint density at radius 1 is 0.893 bits per heavy atom. The number of rotatable bonds is 5. The highest BCUT2D eigenvalue weighted by atomic mass is 35.5. The fraction of sp³-hybridized carbons (Fsp3) is 0.0435. The second-order valence-electron chi connectivity index (χ2n) is 6.34. The summed E-state index contributed by atoms with van der Waals surface area (Å²) in [6.45, 7) is 0.474. The Hall–Kier alpha value is -3.37. The largest absolute Gasteiger partial charge is 0.290 e. The molecule has 28 heavy (non-hydrogen) atoms. The fourth-order valence-electron chi connectivity index (χ4n) is 2.99. The summed E-state index contributed by atoms with van der Waals surface area (Å²) in [5, 5.41) is 3.92. The molecule has 4 nitrogen and oxygen atoms in total. The van der Waals surface area contributed by atoms with Gasteiger partial charge in [0.15, 0.2) is 0 Å². The van der Waals surface area contributed by atoms with Crippen molar-refractivity contribution in [3.63, 3.8) is 0 Å². The third kappa shape index (κ3) is 3.82. The van der Waals surface area contributed by atoms with Gasteiger partial charge in [0.25, 0.3) is 5.56 Å². The molecule has 0 atom stereocenters. The van der Waals surface area contributed by atoms with Crippen LogP contribution in [0.3, 0.4) is 0 Å². The van der Waals surface area contributed by atoms with Gasteiger partial charge in [0.1, 0.15) is 0 Å². The van der Waals surface area contributed by atoms with Crippen LogP contribution in [-0.4, -0.2) is 16.0 Å². The van der Waals surface area contributed by atoms with Crippen molar-refractivity contribution in [3.05, 3.63) is 111 Å². The van der Waals surface area contributed by atoms with Crippen LogP contribution in [0.25, 0.3) is 16.9 Å². The van der Waals surface area contributed by atoms with E-state index in [1.165, 1.54) is 0 Å². The molecule has 1 aromatic heterocycles. The van der Waals surface area contributed by atoms with Crippen LogP contribution in [0.5, 0.6) is 0 Å². The Morgan fingerprint density at radius 3 is 2.21 bits per heavy atom. The van der Waals surface area contributed by atoms with Crippen molar-refractivity contribution in [2.45, 2.75) is 6.54 Å². The zero-order chi connectivity index (χ0) is 19.3. The number of aromatic nitrogens is 2. The molecule has 4 aromatic rings. The number of nitrogens with one attached hydrogen (secondary N) is 1. The number of nitrogens with zero attached hydrogens (tertiary/aromatic N) is 2. The SMILES string of the molecule is O=c1c(C=NCc2ccc(Cl)cc2)c(-c2ccccc2)[nH]n1-c1ccccc1. The van der Waals surface area contributed by atoms with E-state index in [0.29, 0.717) is 17.1 Å². The summed E-state index contributed by atoms with van der Waals surface area (Å²) in [6, 6.07) is 26.8. The van der Waals surface area contributed by atoms with Crippen LogP contribution < -0.4 is 5.56 Å². The van der Waals surface area contributed by atoms with Crippen molar-refractivity contribution < 1.29 is 0 Å². The van der Waals surface area contributed by atoms with Crippen molar-refractivity contribution >= 4 is 17.8 Å². The molecule has 3 aromatic carbocycles. The summed E-state index contributed by atoms with van der Waals surface area (Å²) >= 11 is 5.93. The molecule has 0 aliphatic carbocycles. The molecular weight excluding hydrogens is 370 g/mol. The molecule has 0 bridgehead atoms. The number of hydrogen-bond acceptors (Lipinski definition) is 2. The Bertz CT molecular complexity index is 1140. The first-order valence-electron chi connectivity index (χ1n) is 8.92. The average Bonchev–Trinajstić information content (AvgIpc) is 3.07. The first kappa shape index (κ1) is 18.0. The minimum Gasteiger partial charge on any atom is -0.290 e. The highest BCUT2D eigenvalue weighted by Crippen LogP contribution is 2.20. The quantitative estimate of drug-likeness (QED) is 0.475. The van der Waals surface area contributed by atoms with Gasteiger partial charge in [-0.3, -0.25) is 14.9 Å². The molecule has 0 aliphatic heterocycles. The highest BCUT2D eigenvalue weighted by Gasteiger charge is 2.15. The Kier molecular flexibility index (Phi) is 5.22. The standard InChI is InChI=1S/C23H18ClN3O/c24-19-13-11-17(12-14-19)15-25-16-21-22(18-7-3-1-4-8-18)26-27(23(21)28)20-9-5-2-6-10-20/h1-14,16,26H,15H2. The number of hydrogen-bond donors (Lipinski definition) is 1. The van der Waals surface area contributed by atoms with Crippen LogP contribution in [0, 0.1) is 0 Å².